The smallest absolute Gasteiger partial charge is 0.232 e. The van der Waals surface area contributed by atoms with Crippen LogP contribution in [-0.2, 0) is 14.3 Å². The second-order valence-corrected chi connectivity index (χ2v) is 6.11. The van der Waals surface area contributed by atoms with E-state index in [0.29, 0.717) is 44.4 Å². The van der Waals surface area contributed by atoms with Gasteiger partial charge in [-0.15, -0.1) is 11.8 Å². The molecule has 0 aliphatic carbocycles. The van der Waals surface area contributed by atoms with Crippen LogP contribution in [0.5, 0.6) is 0 Å². The highest BCUT2D eigenvalue weighted by Gasteiger charge is 2.17. The van der Waals surface area contributed by atoms with E-state index in [1.54, 1.807) is 4.90 Å². The van der Waals surface area contributed by atoms with Crippen LogP contribution in [0.2, 0.25) is 0 Å². The molecule has 7 heteroatoms. The largest absolute Gasteiger partial charge is 0.378 e. The van der Waals surface area contributed by atoms with Gasteiger partial charge in [0.25, 0.3) is 0 Å². The molecule has 1 fully saturated rings. The lowest BCUT2D eigenvalue weighted by molar-refractivity contribution is -0.132. The maximum Gasteiger partial charge on any atom is 0.232 e. The summed E-state index contributed by atoms with van der Waals surface area (Å²) in [5.74, 6) is 0.688. The number of ether oxygens (including phenoxy) is 1. The SMILES string of the molecule is CCCCC(CN)NC(=O)CSCC(=O)N1CCOCC1. The summed E-state index contributed by atoms with van der Waals surface area (Å²) in [5, 5.41) is 2.93. The molecule has 0 aromatic rings. The first-order valence-electron chi connectivity index (χ1n) is 7.60. The van der Waals surface area contributed by atoms with Gasteiger partial charge in [0.2, 0.25) is 11.8 Å². The fourth-order valence-corrected chi connectivity index (χ4v) is 2.83. The van der Waals surface area contributed by atoms with Gasteiger partial charge in [0.15, 0.2) is 0 Å². The van der Waals surface area contributed by atoms with Crippen molar-refractivity contribution in [2.75, 3.05) is 44.4 Å². The molecular weight excluding hydrogens is 290 g/mol. The van der Waals surface area contributed by atoms with Crippen molar-refractivity contribution in [3.05, 3.63) is 0 Å². The van der Waals surface area contributed by atoms with Crippen molar-refractivity contribution < 1.29 is 14.3 Å². The van der Waals surface area contributed by atoms with Crippen LogP contribution >= 0.6 is 11.8 Å². The molecule has 0 bridgehead atoms. The number of morpholine rings is 1. The summed E-state index contributed by atoms with van der Waals surface area (Å²) >= 11 is 1.35. The predicted octanol–water partition coefficient (Wildman–Crippen LogP) is 0.212. The number of nitrogens with zero attached hydrogens (tertiary/aromatic N) is 1. The molecule has 1 heterocycles. The minimum absolute atomic E-state index is 0.0404. The number of carbonyl (C=O) groups is 2. The Kier molecular flexibility index (Phi) is 9.45. The van der Waals surface area contributed by atoms with Crippen molar-refractivity contribution in [3.63, 3.8) is 0 Å². The minimum Gasteiger partial charge on any atom is -0.378 e. The summed E-state index contributed by atoms with van der Waals surface area (Å²) in [6.07, 6.45) is 3.07. The van der Waals surface area contributed by atoms with E-state index in [-0.39, 0.29) is 17.9 Å². The molecule has 1 saturated heterocycles. The van der Waals surface area contributed by atoms with Gasteiger partial charge in [-0.1, -0.05) is 19.8 Å². The molecular formula is C14H27N3O3S. The van der Waals surface area contributed by atoms with Crippen LogP contribution in [0.3, 0.4) is 0 Å². The van der Waals surface area contributed by atoms with E-state index >= 15 is 0 Å². The Hall–Kier alpha value is -0.790. The third-order valence-electron chi connectivity index (χ3n) is 3.38. The van der Waals surface area contributed by atoms with Crippen molar-refractivity contribution in [2.45, 2.75) is 32.2 Å². The number of amides is 2. The number of nitrogens with one attached hydrogen (secondary N) is 1. The Morgan fingerprint density at radius 3 is 2.67 bits per heavy atom. The lowest BCUT2D eigenvalue weighted by Crippen LogP contribution is -2.42. The molecule has 0 aromatic heterocycles. The highest BCUT2D eigenvalue weighted by Crippen LogP contribution is 2.06. The molecule has 1 unspecified atom stereocenters. The number of hydrogen-bond donors (Lipinski definition) is 2. The van der Waals surface area contributed by atoms with Crippen LogP contribution in [0.25, 0.3) is 0 Å². The van der Waals surface area contributed by atoms with Crippen molar-refractivity contribution in [3.8, 4) is 0 Å². The molecule has 1 rings (SSSR count). The van der Waals surface area contributed by atoms with Crippen molar-refractivity contribution in [1.82, 2.24) is 10.2 Å². The molecule has 6 nitrogen and oxygen atoms in total. The summed E-state index contributed by atoms with van der Waals surface area (Å²) in [5.41, 5.74) is 5.64. The predicted molar refractivity (Wildman–Crippen MR) is 85.2 cm³/mol. The van der Waals surface area contributed by atoms with Gasteiger partial charge in [0, 0.05) is 25.7 Å². The topological polar surface area (TPSA) is 84.7 Å². The quantitative estimate of drug-likeness (QED) is 0.635. The van der Waals surface area contributed by atoms with E-state index in [0.717, 1.165) is 19.3 Å². The average molecular weight is 317 g/mol. The normalized spacial score (nSPS) is 16.6. The van der Waals surface area contributed by atoms with Gasteiger partial charge in [-0.05, 0) is 6.42 Å². The number of carbonyl (C=O) groups excluding carboxylic acids is 2. The van der Waals surface area contributed by atoms with Crippen LogP contribution in [0, 0.1) is 0 Å². The third-order valence-corrected chi connectivity index (χ3v) is 4.30. The zero-order chi connectivity index (χ0) is 15.5. The van der Waals surface area contributed by atoms with E-state index < -0.39 is 0 Å². The lowest BCUT2D eigenvalue weighted by Gasteiger charge is -2.26. The Bertz CT molecular complexity index is 323. The molecule has 0 radical (unpaired) electrons. The molecule has 1 aliphatic heterocycles. The lowest BCUT2D eigenvalue weighted by atomic mass is 10.1. The van der Waals surface area contributed by atoms with Crippen LogP contribution in [-0.4, -0.2) is 67.1 Å². The zero-order valence-electron chi connectivity index (χ0n) is 12.8. The molecule has 2 amide bonds. The Labute approximate surface area is 131 Å². The van der Waals surface area contributed by atoms with Crippen molar-refractivity contribution >= 4 is 23.6 Å². The maximum absolute atomic E-state index is 11.9. The average Bonchev–Trinajstić information content (AvgIpc) is 2.52. The second-order valence-electron chi connectivity index (χ2n) is 5.13. The van der Waals surface area contributed by atoms with Gasteiger partial charge in [0.1, 0.15) is 0 Å². The molecule has 3 N–H and O–H groups in total. The van der Waals surface area contributed by atoms with Gasteiger partial charge < -0.3 is 20.7 Å². The summed E-state index contributed by atoms with van der Waals surface area (Å²) in [7, 11) is 0. The summed E-state index contributed by atoms with van der Waals surface area (Å²) in [6, 6.07) is 0.0491. The number of rotatable bonds is 9. The summed E-state index contributed by atoms with van der Waals surface area (Å²) in [6.45, 7) is 5.08. The fraction of sp³-hybridized carbons (Fsp3) is 0.857. The zero-order valence-corrected chi connectivity index (χ0v) is 13.6. The number of nitrogens with two attached hydrogens (primary N) is 1. The van der Waals surface area contributed by atoms with E-state index in [2.05, 4.69) is 12.2 Å². The fourth-order valence-electron chi connectivity index (χ4n) is 2.10. The van der Waals surface area contributed by atoms with E-state index in [4.69, 9.17) is 10.5 Å². The van der Waals surface area contributed by atoms with E-state index in [1.807, 2.05) is 0 Å². The van der Waals surface area contributed by atoms with Crippen LogP contribution in [0.1, 0.15) is 26.2 Å². The number of thioether (sulfide) groups is 1. The number of hydrogen-bond acceptors (Lipinski definition) is 5. The standard InChI is InChI=1S/C14H27N3O3S/c1-2-3-4-12(9-15)16-13(18)10-21-11-14(19)17-5-7-20-8-6-17/h12H,2-11,15H2,1H3,(H,16,18). The van der Waals surface area contributed by atoms with Crippen LogP contribution < -0.4 is 11.1 Å². The molecule has 0 aromatic carbocycles. The Morgan fingerprint density at radius 2 is 2.05 bits per heavy atom. The van der Waals surface area contributed by atoms with Gasteiger partial charge in [-0.3, -0.25) is 9.59 Å². The minimum atomic E-state index is -0.0404. The molecule has 1 aliphatic rings. The van der Waals surface area contributed by atoms with Crippen molar-refractivity contribution in [1.29, 1.82) is 0 Å². The van der Waals surface area contributed by atoms with Crippen LogP contribution in [0.15, 0.2) is 0 Å². The maximum atomic E-state index is 11.9. The van der Waals surface area contributed by atoms with Crippen molar-refractivity contribution in [2.24, 2.45) is 5.73 Å². The highest BCUT2D eigenvalue weighted by molar-refractivity contribution is 8.00. The van der Waals surface area contributed by atoms with Gasteiger partial charge in [-0.25, -0.2) is 0 Å². The van der Waals surface area contributed by atoms with Gasteiger partial charge in [0.05, 0.1) is 24.7 Å². The van der Waals surface area contributed by atoms with Gasteiger partial charge in [-0.2, -0.15) is 0 Å². The first-order chi connectivity index (χ1) is 10.2. The Morgan fingerprint density at radius 1 is 1.33 bits per heavy atom. The summed E-state index contributed by atoms with van der Waals surface area (Å²) in [4.78, 5) is 25.5. The first-order valence-corrected chi connectivity index (χ1v) is 8.75. The highest BCUT2D eigenvalue weighted by atomic mass is 32.2. The third kappa shape index (κ3) is 7.68. The van der Waals surface area contributed by atoms with Crippen LogP contribution in [0.4, 0.5) is 0 Å². The Balaban J connectivity index is 2.15. The monoisotopic (exact) mass is 317 g/mol. The van der Waals surface area contributed by atoms with E-state index in [1.165, 1.54) is 11.8 Å². The van der Waals surface area contributed by atoms with E-state index in [9.17, 15) is 9.59 Å². The second kappa shape index (κ2) is 10.9. The molecule has 1 atom stereocenters. The van der Waals surface area contributed by atoms with Gasteiger partial charge >= 0.3 is 0 Å². The first kappa shape index (κ1) is 18.3. The molecule has 0 saturated carbocycles. The summed E-state index contributed by atoms with van der Waals surface area (Å²) < 4.78 is 5.20. The molecule has 0 spiro atoms. The molecule has 122 valence electrons. The molecule has 21 heavy (non-hydrogen) atoms. The number of unbranched alkanes of at least 4 members (excludes halogenated alkanes) is 1.